The minimum absolute atomic E-state index is 0.0580. The Labute approximate surface area is 208 Å². The number of furan rings is 1. The Morgan fingerprint density at radius 3 is 2.47 bits per heavy atom. The lowest BCUT2D eigenvalue weighted by Gasteiger charge is -2.12. The molecule has 2 aromatic heterocycles. The summed E-state index contributed by atoms with van der Waals surface area (Å²) in [6, 6.07) is 3.37. The van der Waals surface area contributed by atoms with Gasteiger partial charge in [0.25, 0.3) is 0 Å². The lowest BCUT2D eigenvalue weighted by molar-refractivity contribution is -0.144. The van der Waals surface area contributed by atoms with Gasteiger partial charge in [0.1, 0.15) is 35.3 Å². The largest absolute Gasteiger partial charge is 0.501 e. The van der Waals surface area contributed by atoms with E-state index in [2.05, 4.69) is 5.10 Å². The Bertz CT molecular complexity index is 1340. The highest BCUT2D eigenvalue weighted by Crippen LogP contribution is 2.38. The van der Waals surface area contributed by atoms with Crippen LogP contribution in [-0.2, 0) is 20.8 Å². The predicted molar refractivity (Wildman–Crippen MR) is 133 cm³/mol. The molecule has 0 spiro atoms. The van der Waals surface area contributed by atoms with E-state index >= 15 is 0 Å². The number of rotatable bonds is 9. The standard InChI is InChI=1S/C27H28N2O7/c1-6-35-24(30)15-29-14-18(13-28-29)27-25(20-9-7-8-19(32-3)12-23(20)36-27)26(31)17-10-21(33-4)16(2)22(11-17)34-5/h7,9-14H,6,8,15H2,1-5H3. The van der Waals surface area contributed by atoms with Crippen molar-refractivity contribution in [2.45, 2.75) is 26.8 Å². The van der Waals surface area contributed by atoms with Gasteiger partial charge in [-0.1, -0.05) is 12.2 Å². The SMILES string of the molecule is CCOC(=O)Cn1cc(-c2oc3c(c2C(=O)c2cc(OC)c(C)c(OC)c2)C=CCC(OC)=C3)cn1. The number of carbonyl (C=O) groups excluding carboxylic acids is 2. The molecule has 36 heavy (non-hydrogen) atoms. The molecule has 0 aliphatic heterocycles. The van der Waals surface area contributed by atoms with Gasteiger partial charge in [0.2, 0.25) is 0 Å². The molecule has 0 atom stereocenters. The van der Waals surface area contributed by atoms with Crippen molar-refractivity contribution >= 4 is 23.9 Å². The van der Waals surface area contributed by atoms with Crippen molar-refractivity contribution < 1.29 is 33.0 Å². The summed E-state index contributed by atoms with van der Waals surface area (Å²) in [5.41, 5.74) is 2.70. The maximum Gasteiger partial charge on any atom is 0.327 e. The average molecular weight is 493 g/mol. The summed E-state index contributed by atoms with van der Waals surface area (Å²) in [5.74, 6) is 1.90. The van der Waals surface area contributed by atoms with Crippen LogP contribution in [0.1, 0.15) is 46.2 Å². The fraction of sp³-hybridized carbons (Fsp3) is 0.296. The van der Waals surface area contributed by atoms with Gasteiger partial charge in [-0.2, -0.15) is 5.10 Å². The minimum Gasteiger partial charge on any atom is -0.501 e. The molecule has 3 aromatic rings. The van der Waals surface area contributed by atoms with Gasteiger partial charge in [-0.05, 0) is 26.0 Å². The highest BCUT2D eigenvalue weighted by atomic mass is 16.5. The normalized spacial score (nSPS) is 12.4. The minimum atomic E-state index is -0.409. The summed E-state index contributed by atoms with van der Waals surface area (Å²) >= 11 is 0. The summed E-state index contributed by atoms with van der Waals surface area (Å²) in [6.45, 7) is 3.82. The molecule has 0 unspecified atom stereocenters. The van der Waals surface area contributed by atoms with E-state index in [1.807, 2.05) is 19.1 Å². The molecule has 0 saturated carbocycles. The van der Waals surface area contributed by atoms with Crippen molar-refractivity contribution in [3.8, 4) is 22.8 Å². The zero-order valence-corrected chi connectivity index (χ0v) is 20.9. The number of hydrogen-bond donors (Lipinski definition) is 0. The molecular formula is C27H28N2O7. The van der Waals surface area contributed by atoms with Crippen LogP contribution in [0.4, 0.5) is 0 Å². The van der Waals surface area contributed by atoms with E-state index in [9.17, 15) is 9.59 Å². The summed E-state index contributed by atoms with van der Waals surface area (Å²) in [7, 11) is 4.68. The van der Waals surface area contributed by atoms with Crippen LogP contribution in [0.15, 0.2) is 40.8 Å². The molecule has 0 fully saturated rings. The first-order chi connectivity index (χ1) is 17.4. The van der Waals surface area contributed by atoms with E-state index in [4.69, 9.17) is 23.4 Å². The zero-order valence-electron chi connectivity index (χ0n) is 20.9. The van der Waals surface area contributed by atoms with Gasteiger partial charge in [0.15, 0.2) is 5.78 Å². The molecule has 1 aliphatic carbocycles. The smallest absolute Gasteiger partial charge is 0.327 e. The molecule has 1 aliphatic rings. The average Bonchev–Trinajstić information content (AvgIpc) is 3.41. The number of carbonyl (C=O) groups is 2. The Hall–Kier alpha value is -4.27. The third-order valence-electron chi connectivity index (χ3n) is 5.87. The van der Waals surface area contributed by atoms with Crippen LogP contribution in [-0.4, -0.2) is 49.5 Å². The van der Waals surface area contributed by atoms with Crippen molar-refractivity contribution in [2.24, 2.45) is 0 Å². The Morgan fingerprint density at radius 2 is 1.83 bits per heavy atom. The summed E-state index contributed by atoms with van der Waals surface area (Å²) in [6.07, 6.45) is 9.30. The Kier molecular flexibility index (Phi) is 7.28. The molecule has 0 amide bonds. The van der Waals surface area contributed by atoms with E-state index in [0.29, 0.717) is 57.5 Å². The molecular weight excluding hydrogens is 464 g/mol. The van der Waals surface area contributed by atoms with Gasteiger partial charge in [0.05, 0.1) is 45.3 Å². The number of esters is 1. The summed E-state index contributed by atoms with van der Waals surface area (Å²) < 4.78 is 29.1. The maximum absolute atomic E-state index is 14.0. The summed E-state index contributed by atoms with van der Waals surface area (Å²) in [4.78, 5) is 25.9. The lowest BCUT2D eigenvalue weighted by Crippen LogP contribution is -2.13. The van der Waals surface area contributed by atoms with E-state index < -0.39 is 5.97 Å². The maximum atomic E-state index is 14.0. The first-order valence-corrected chi connectivity index (χ1v) is 11.4. The molecule has 0 bridgehead atoms. The van der Waals surface area contributed by atoms with Crippen molar-refractivity contribution in [2.75, 3.05) is 27.9 Å². The molecule has 9 nitrogen and oxygen atoms in total. The first kappa shape index (κ1) is 24.8. The van der Waals surface area contributed by atoms with E-state index in [0.717, 1.165) is 5.56 Å². The van der Waals surface area contributed by atoms with Crippen LogP contribution in [0, 0.1) is 6.92 Å². The molecule has 188 valence electrons. The number of aromatic nitrogens is 2. The van der Waals surface area contributed by atoms with Gasteiger partial charge in [-0.15, -0.1) is 0 Å². The highest BCUT2D eigenvalue weighted by molar-refractivity contribution is 6.15. The van der Waals surface area contributed by atoms with Crippen LogP contribution < -0.4 is 9.47 Å². The number of benzene rings is 1. The van der Waals surface area contributed by atoms with E-state index in [1.54, 1.807) is 58.9 Å². The molecule has 4 rings (SSSR count). The van der Waals surface area contributed by atoms with Crippen LogP contribution in [0.2, 0.25) is 0 Å². The Morgan fingerprint density at radius 1 is 1.11 bits per heavy atom. The van der Waals surface area contributed by atoms with Crippen molar-refractivity contribution in [3.63, 3.8) is 0 Å². The van der Waals surface area contributed by atoms with Crippen molar-refractivity contribution in [1.29, 1.82) is 0 Å². The molecule has 0 saturated heterocycles. The second-order valence-electron chi connectivity index (χ2n) is 8.07. The number of methoxy groups -OCH3 is 3. The topological polar surface area (TPSA) is 102 Å². The van der Waals surface area contributed by atoms with Crippen molar-refractivity contribution in [3.05, 3.63) is 64.4 Å². The van der Waals surface area contributed by atoms with Crippen molar-refractivity contribution in [1.82, 2.24) is 9.78 Å². The fourth-order valence-electron chi connectivity index (χ4n) is 4.07. The number of ether oxygens (including phenoxy) is 4. The summed E-state index contributed by atoms with van der Waals surface area (Å²) in [5, 5.41) is 4.26. The van der Waals surface area contributed by atoms with E-state index in [-0.39, 0.29) is 18.9 Å². The molecule has 2 heterocycles. The first-order valence-electron chi connectivity index (χ1n) is 11.4. The zero-order chi connectivity index (χ0) is 25.8. The number of fused-ring (bicyclic) bond motifs is 1. The van der Waals surface area contributed by atoms with Gasteiger partial charge in [-0.3, -0.25) is 14.3 Å². The van der Waals surface area contributed by atoms with Crippen LogP contribution >= 0.6 is 0 Å². The van der Waals surface area contributed by atoms with Gasteiger partial charge < -0.3 is 23.4 Å². The van der Waals surface area contributed by atoms with E-state index in [1.165, 1.54) is 4.68 Å². The Balaban J connectivity index is 1.86. The lowest BCUT2D eigenvalue weighted by atomic mass is 9.95. The quantitative estimate of drug-likeness (QED) is 0.314. The van der Waals surface area contributed by atoms with Crippen LogP contribution in [0.5, 0.6) is 11.5 Å². The monoisotopic (exact) mass is 492 g/mol. The molecule has 9 heteroatoms. The number of ketones is 1. The number of allylic oxidation sites excluding steroid dienone is 1. The molecule has 0 radical (unpaired) electrons. The van der Waals surface area contributed by atoms with Crippen LogP contribution in [0.25, 0.3) is 23.5 Å². The molecule has 0 N–H and O–H groups in total. The molecule has 1 aromatic carbocycles. The predicted octanol–water partition coefficient (Wildman–Crippen LogP) is 4.67. The fourth-order valence-corrected chi connectivity index (χ4v) is 4.07. The van der Waals surface area contributed by atoms with Gasteiger partial charge in [-0.25, -0.2) is 0 Å². The second kappa shape index (κ2) is 10.6. The number of hydrogen-bond acceptors (Lipinski definition) is 8. The van der Waals surface area contributed by atoms with Crippen LogP contribution in [0.3, 0.4) is 0 Å². The third-order valence-corrected chi connectivity index (χ3v) is 5.87. The highest BCUT2D eigenvalue weighted by Gasteiger charge is 2.28. The second-order valence-corrected chi connectivity index (χ2v) is 8.07. The number of nitrogens with zero attached hydrogens (tertiary/aromatic N) is 2. The van der Waals surface area contributed by atoms with Gasteiger partial charge in [0, 0.05) is 35.4 Å². The van der Waals surface area contributed by atoms with Gasteiger partial charge >= 0.3 is 5.97 Å². The third kappa shape index (κ3) is 4.77.